The number of nitro groups is 1. The Hall–Kier alpha value is -3.74. The third-order valence-electron chi connectivity index (χ3n) is 4.55. The molecule has 1 aliphatic rings. The second kappa shape index (κ2) is 8.18. The third kappa shape index (κ3) is 4.26. The fourth-order valence-electron chi connectivity index (χ4n) is 2.92. The normalized spacial score (nSPS) is 15.3. The van der Waals surface area contributed by atoms with Crippen LogP contribution in [0.25, 0.3) is 0 Å². The number of nitrogens with zero attached hydrogens (tertiary/aromatic N) is 6. The van der Waals surface area contributed by atoms with Crippen LogP contribution in [0.2, 0.25) is 0 Å². The van der Waals surface area contributed by atoms with E-state index in [0.29, 0.717) is 12.1 Å². The first kappa shape index (κ1) is 20.5. The lowest BCUT2D eigenvalue weighted by molar-refractivity contribution is -0.389. The first-order valence-corrected chi connectivity index (χ1v) is 8.97. The molecule has 13 heteroatoms. The van der Waals surface area contributed by atoms with Gasteiger partial charge in [0.25, 0.3) is 0 Å². The first-order chi connectivity index (χ1) is 14.8. The lowest BCUT2D eigenvalue weighted by Crippen LogP contribution is -2.32. The lowest BCUT2D eigenvalue weighted by Gasteiger charge is -2.22. The van der Waals surface area contributed by atoms with E-state index in [4.69, 9.17) is 9.47 Å². The number of benzene rings is 1. The van der Waals surface area contributed by atoms with Crippen LogP contribution in [-0.2, 0) is 17.9 Å². The molecule has 3 aromatic rings. The molecule has 3 heterocycles. The van der Waals surface area contributed by atoms with E-state index in [-0.39, 0.29) is 42.8 Å². The minimum absolute atomic E-state index is 0.0463. The molecule has 0 bridgehead atoms. The zero-order chi connectivity index (χ0) is 22.1. The maximum atomic E-state index is 13.4. The monoisotopic (exact) mass is 436 g/mol. The molecule has 1 aromatic carbocycles. The van der Waals surface area contributed by atoms with E-state index >= 15 is 0 Å². The van der Waals surface area contributed by atoms with Crippen molar-refractivity contribution in [1.82, 2.24) is 19.5 Å². The molecule has 10 nitrogen and oxygen atoms in total. The van der Waals surface area contributed by atoms with Gasteiger partial charge in [-0.3, -0.25) is 4.57 Å². The average Bonchev–Trinajstić information content (AvgIpc) is 3.19. The Kier molecular flexibility index (Phi) is 5.42. The largest absolute Gasteiger partial charge is 0.443 e. The summed E-state index contributed by atoms with van der Waals surface area (Å²) in [4.78, 5) is 23.5. The van der Waals surface area contributed by atoms with Crippen LogP contribution in [0.4, 0.5) is 30.6 Å². The molecule has 162 valence electrons. The second-order valence-electron chi connectivity index (χ2n) is 6.71. The van der Waals surface area contributed by atoms with Gasteiger partial charge < -0.3 is 24.5 Å². The molecule has 2 aromatic heterocycles. The van der Waals surface area contributed by atoms with Gasteiger partial charge >= 0.3 is 11.8 Å². The van der Waals surface area contributed by atoms with Gasteiger partial charge in [0.2, 0.25) is 5.95 Å². The fourth-order valence-corrected chi connectivity index (χ4v) is 2.92. The number of fused-ring (bicyclic) bond motifs is 1. The van der Waals surface area contributed by atoms with Gasteiger partial charge in [-0.1, -0.05) is 0 Å². The fraction of sp³-hybridized carbons (Fsp3) is 0.278. The Balaban J connectivity index is 1.37. The Bertz CT molecular complexity index is 1100. The SMILES string of the molecule is CN(c1cc(F)c(F)c(F)c1)c1ncc(CO[C@@H]2COc3nc([N+](=O)[O-])cn3C2)cn1. The van der Waals surface area contributed by atoms with Crippen molar-refractivity contribution in [3.8, 4) is 6.01 Å². The van der Waals surface area contributed by atoms with Gasteiger partial charge in [-0.05, 0) is 4.92 Å². The van der Waals surface area contributed by atoms with E-state index < -0.39 is 22.4 Å². The highest BCUT2D eigenvalue weighted by Gasteiger charge is 2.28. The standard InChI is InChI=1S/C18H15F3N6O4/c1-25(11-2-13(19)16(21)14(20)3-11)17-22-4-10(5-23-17)8-30-12-6-26-7-15(27(28)29)24-18(26)31-9-12/h2-5,7,12H,6,8-9H2,1H3/t12-/m0/s1. The maximum absolute atomic E-state index is 13.4. The van der Waals surface area contributed by atoms with E-state index in [2.05, 4.69) is 15.0 Å². The summed E-state index contributed by atoms with van der Waals surface area (Å²) in [6.45, 7) is 0.654. The molecule has 4 rings (SSSR count). The van der Waals surface area contributed by atoms with Crippen LogP contribution in [0, 0.1) is 27.6 Å². The van der Waals surface area contributed by atoms with Crippen molar-refractivity contribution in [3.05, 3.63) is 63.9 Å². The van der Waals surface area contributed by atoms with Crippen molar-refractivity contribution in [1.29, 1.82) is 0 Å². The lowest BCUT2D eigenvalue weighted by atomic mass is 10.2. The number of halogens is 3. The molecule has 0 aliphatic carbocycles. The molecular formula is C18H15F3N6O4. The number of anilines is 2. The highest BCUT2D eigenvalue weighted by atomic mass is 19.2. The van der Waals surface area contributed by atoms with E-state index in [0.717, 1.165) is 12.1 Å². The zero-order valence-electron chi connectivity index (χ0n) is 16.0. The molecule has 0 saturated carbocycles. The molecule has 0 saturated heterocycles. The molecule has 31 heavy (non-hydrogen) atoms. The van der Waals surface area contributed by atoms with Gasteiger partial charge in [0.1, 0.15) is 18.9 Å². The predicted molar refractivity (Wildman–Crippen MR) is 99.4 cm³/mol. The van der Waals surface area contributed by atoms with Crippen molar-refractivity contribution in [2.24, 2.45) is 0 Å². The van der Waals surface area contributed by atoms with E-state index in [1.807, 2.05) is 0 Å². The predicted octanol–water partition coefficient (Wildman–Crippen LogP) is 2.74. The summed E-state index contributed by atoms with van der Waals surface area (Å²) in [6.07, 6.45) is 3.87. The minimum atomic E-state index is -1.55. The molecular weight excluding hydrogens is 421 g/mol. The van der Waals surface area contributed by atoms with E-state index in [9.17, 15) is 23.3 Å². The van der Waals surface area contributed by atoms with E-state index in [1.165, 1.54) is 35.1 Å². The second-order valence-corrected chi connectivity index (χ2v) is 6.71. The Morgan fingerprint density at radius 2 is 1.97 bits per heavy atom. The minimum Gasteiger partial charge on any atom is -0.443 e. The maximum Gasteiger partial charge on any atom is 0.414 e. The number of hydrogen-bond donors (Lipinski definition) is 0. The van der Waals surface area contributed by atoms with Gasteiger partial charge in [-0.15, -0.1) is 0 Å². The van der Waals surface area contributed by atoms with Gasteiger partial charge in [-0.2, -0.15) is 0 Å². The highest BCUT2D eigenvalue weighted by molar-refractivity contribution is 5.56. The number of hydrogen-bond acceptors (Lipinski definition) is 8. The number of aromatic nitrogens is 4. The van der Waals surface area contributed by atoms with Crippen molar-refractivity contribution >= 4 is 17.5 Å². The van der Waals surface area contributed by atoms with E-state index in [1.54, 1.807) is 0 Å². The van der Waals surface area contributed by atoms with Crippen molar-refractivity contribution in [2.75, 3.05) is 18.6 Å². The summed E-state index contributed by atoms with van der Waals surface area (Å²) in [5.74, 6) is -4.33. The van der Waals surface area contributed by atoms with Gasteiger partial charge in [0.15, 0.2) is 17.5 Å². The highest BCUT2D eigenvalue weighted by Crippen LogP contribution is 2.25. The first-order valence-electron chi connectivity index (χ1n) is 8.97. The number of imidazole rings is 1. The quantitative estimate of drug-likeness (QED) is 0.330. The smallest absolute Gasteiger partial charge is 0.414 e. The van der Waals surface area contributed by atoms with Crippen molar-refractivity contribution < 1.29 is 27.6 Å². The van der Waals surface area contributed by atoms with Crippen molar-refractivity contribution in [3.63, 3.8) is 0 Å². The van der Waals surface area contributed by atoms with Crippen LogP contribution in [0.15, 0.2) is 30.7 Å². The molecule has 1 atom stereocenters. The summed E-state index contributed by atoms with van der Waals surface area (Å²) in [7, 11) is 1.49. The van der Waals surface area contributed by atoms with Crippen LogP contribution in [-0.4, -0.2) is 44.2 Å². The van der Waals surface area contributed by atoms with Crippen molar-refractivity contribution in [2.45, 2.75) is 19.3 Å². The van der Waals surface area contributed by atoms with Crippen LogP contribution < -0.4 is 9.64 Å². The molecule has 1 aliphatic heterocycles. The Morgan fingerprint density at radius 1 is 1.29 bits per heavy atom. The Morgan fingerprint density at radius 3 is 2.61 bits per heavy atom. The van der Waals surface area contributed by atoms with Crippen LogP contribution in [0.1, 0.15) is 5.56 Å². The third-order valence-corrected chi connectivity index (χ3v) is 4.55. The topological polar surface area (TPSA) is 108 Å². The van der Waals surface area contributed by atoms with Gasteiger partial charge in [-0.25, -0.2) is 23.1 Å². The molecule has 0 amide bonds. The Labute approximate surface area is 173 Å². The molecule has 0 unspecified atom stereocenters. The molecule has 0 N–H and O–H groups in total. The zero-order valence-corrected chi connectivity index (χ0v) is 16.0. The summed E-state index contributed by atoms with van der Waals surface area (Å²) in [6, 6.07) is 1.85. The van der Waals surface area contributed by atoms with Gasteiger partial charge in [0.05, 0.1) is 13.2 Å². The molecule has 0 radical (unpaired) electrons. The molecule has 0 fully saturated rings. The summed E-state index contributed by atoms with van der Waals surface area (Å²) >= 11 is 0. The summed E-state index contributed by atoms with van der Waals surface area (Å²) < 4.78 is 52.6. The van der Waals surface area contributed by atoms with Gasteiger partial charge in [0, 0.05) is 47.8 Å². The average molecular weight is 436 g/mol. The van der Waals surface area contributed by atoms with Crippen LogP contribution in [0.5, 0.6) is 6.01 Å². The summed E-state index contributed by atoms with van der Waals surface area (Å²) in [5.41, 5.74) is 0.668. The van der Waals surface area contributed by atoms with Crippen LogP contribution >= 0.6 is 0 Å². The van der Waals surface area contributed by atoms with Crippen LogP contribution in [0.3, 0.4) is 0 Å². The molecule has 0 spiro atoms. The summed E-state index contributed by atoms with van der Waals surface area (Å²) in [5, 5.41) is 10.8. The number of rotatable bonds is 6. The number of ether oxygens (including phenoxy) is 2.